The molecule has 0 amide bonds. The van der Waals surface area contributed by atoms with Crippen molar-refractivity contribution in [3.8, 4) is 0 Å². The molecule has 0 aliphatic rings. The first-order chi connectivity index (χ1) is 10.0. The molecule has 0 aliphatic carbocycles. The van der Waals surface area contributed by atoms with Gasteiger partial charge in [0.1, 0.15) is 0 Å². The minimum atomic E-state index is -1.91. The highest BCUT2D eigenvalue weighted by atomic mass is 16.6. The van der Waals surface area contributed by atoms with Gasteiger partial charge in [0.05, 0.1) is 0 Å². The Hall–Kier alpha value is -2.76. The molecule has 1 atom stereocenters. The summed E-state index contributed by atoms with van der Waals surface area (Å²) in [5.74, 6) is 0. The van der Waals surface area contributed by atoms with Crippen LogP contribution < -0.4 is 0 Å². The van der Waals surface area contributed by atoms with Gasteiger partial charge < -0.3 is 0 Å². The van der Waals surface area contributed by atoms with Crippen LogP contribution in [0, 0.1) is 20.2 Å². The summed E-state index contributed by atoms with van der Waals surface area (Å²) < 4.78 is 0. The third-order valence-electron chi connectivity index (χ3n) is 3.64. The molecule has 6 heteroatoms. The lowest BCUT2D eigenvalue weighted by Gasteiger charge is -2.26. The lowest BCUT2D eigenvalue weighted by Crippen LogP contribution is -2.49. The summed E-state index contributed by atoms with van der Waals surface area (Å²) in [5.41, 5.74) is -1.32. The van der Waals surface area contributed by atoms with Gasteiger partial charge in [-0.1, -0.05) is 60.7 Å². The fourth-order valence-corrected chi connectivity index (χ4v) is 2.55. The average Bonchev–Trinajstić information content (AvgIpc) is 2.49. The van der Waals surface area contributed by atoms with Gasteiger partial charge in [-0.15, -0.1) is 0 Å². The average molecular weight is 286 g/mol. The highest BCUT2D eigenvalue weighted by Crippen LogP contribution is 2.37. The van der Waals surface area contributed by atoms with Crippen molar-refractivity contribution >= 4 is 0 Å². The van der Waals surface area contributed by atoms with Gasteiger partial charge in [0, 0.05) is 27.9 Å². The summed E-state index contributed by atoms with van der Waals surface area (Å²) in [6.07, 6.45) is 0. The first-order valence-corrected chi connectivity index (χ1v) is 6.40. The van der Waals surface area contributed by atoms with E-state index in [9.17, 15) is 20.2 Å². The van der Waals surface area contributed by atoms with E-state index in [0.29, 0.717) is 11.1 Å². The van der Waals surface area contributed by atoms with E-state index < -0.39 is 21.4 Å². The lowest BCUT2D eigenvalue weighted by molar-refractivity contribution is -0.648. The molecule has 2 aromatic carbocycles. The zero-order valence-electron chi connectivity index (χ0n) is 11.4. The SMILES string of the molecule is CC([N+](=O)[O-])C(c1ccccc1)(c1ccccc1)[N+](=O)[O-]. The largest absolute Gasteiger partial charge is 0.337 e. The number of nitro groups is 2. The highest BCUT2D eigenvalue weighted by Gasteiger charge is 2.58. The Bertz CT molecular complexity index is 604. The van der Waals surface area contributed by atoms with Gasteiger partial charge in [-0.2, -0.15) is 0 Å². The van der Waals surface area contributed by atoms with Crippen LogP contribution in [0.5, 0.6) is 0 Å². The molecule has 0 heterocycles. The molecule has 2 aromatic rings. The Kier molecular flexibility index (Phi) is 3.98. The number of rotatable bonds is 5. The van der Waals surface area contributed by atoms with Crippen molar-refractivity contribution in [1.82, 2.24) is 0 Å². The number of hydrogen-bond acceptors (Lipinski definition) is 4. The summed E-state index contributed by atoms with van der Waals surface area (Å²) >= 11 is 0. The molecule has 0 bridgehead atoms. The van der Waals surface area contributed by atoms with Gasteiger partial charge in [-0.25, -0.2) is 0 Å². The third-order valence-corrected chi connectivity index (χ3v) is 3.64. The molecule has 0 N–H and O–H groups in total. The van der Waals surface area contributed by atoms with Crippen molar-refractivity contribution in [2.75, 3.05) is 0 Å². The molecule has 0 aliphatic heterocycles. The van der Waals surface area contributed by atoms with Crippen molar-refractivity contribution in [1.29, 1.82) is 0 Å². The van der Waals surface area contributed by atoms with Crippen LogP contribution >= 0.6 is 0 Å². The van der Waals surface area contributed by atoms with Crippen LogP contribution in [-0.4, -0.2) is 15.9 Å². The van der Waals surface area contributed by atoms with Gasteiger partial charge in [0.25, 0.3) is 6.04 Å². The van der Waals surface area contributed by atoms with E-state index in [1.54, 1.807) is 60.7 Å². The summed E-state index contributed by atoms with van der Waals surface area (Å²) in [4.78, 5) is 22.0. The molecule has 0 saturated heterocycles. The van der Waals surface area contributed by atoms with Gasteiger partial charge in [-0.05, 0) is 0 Å². The Labute approximate surface area is 121 Å². The third kappa shape index (κ3) is 2.35. The number of nitrogens with zero attached hydrogens (tertiary/aromatic N) is 2. The van der Waals surface area contributed by atoms with E-state index in [4.69, 9.17) is 0 Å². The second-order valence-corrected chi connectivity index (χ2v) is 4.72. The van der Waals surface area contributed by atoms with Crippen LogP contribution in [0.25, 0.3) is 0 Å². The van der Waals surface area contributed by atoms with Crippen LogP contribution in [0.1, 0.15) is 18.1 Å². The van der Waals surface area contributed by atoms with E-state index in [0.717, 1.165) is 0 Å². The monoisotopic (exact) mass is 286 g/mol. The normalized spacial score (nSPS) is 12.6. The summed E-state index contributed by atoms with van der Waals surface area (Å²) in [7, 11) is 0. The fraction of sp³-hybridized carbons (Fsp3) is 0.200. The first-order valence-electron chi connectivity index (χ1n) is 6.40. The van der Waals surface area contributed by atoms with Crippen LogP contribution in [0.3, 0.4) is 0 Å². The summed E-state index contributed by atoms with van der Waals surface area (Å²) in [5, 5.41) is 23.2. The molecule has 6 nitrogen and oxygen atoms in total. The fourth-order valence-electron chi connectivity index (χ4n) is 2.55. The molecule has 0 saturated carbocycles. The molecule has 0 radical (unpaired) electrons. The molecule has 2 rings (SSSR count). The Morgan fingerprint density at radius 1 is 0.857 bits per heavy atom. The van der Waals surface area contributed by atoms with Gasteiger partial charge in [0.15, 0.2) is 0 Å². The Balaban J connectivity index is 2.79. The van der Waals surface area contributed by atoms with E-state index in [1.165, 1.54) is 6.92 Å². The molecular weight excluding hydrogens is 272 g/mol. The molecule has 0 spiro atoms. The predicted molar refractivity (Wildman–Crippen MR) is 77.1 cm³/mol. The van der Waals surface area contributed by atoms with Crippen molar-refractivity contribution in [3.63, 3.8) is 0 Å². The quantitative estimate of drug-likeness (QED) is 0.624. The topological polar surface area (TPSA) is 86.3 Å². The highest BCUT2D eigenvalue weighted by molar-refractivity contribution is 5.37. The Morgan fingerprint density at radius 2 is 1.24 bits per heavy atom. The minimum Gasteiger partial charge on any atom is -0.264 e. The van der Waals surface area contributed by atoms with Crippen molar-refractivity contribution < 1.29 is 9.85 Å². The second-order valence-electron chi connectivity index (χ2n) is 4.72. The molecule has 0 fully saturated rings. The van der Waals surface area contributed by atoms with Crippen molar-refractivity contribution in [2.24, 2.45) is 0 Å². The van der Waals surface area contributed by atoms with Gasteiger partial charge in [0.2, 0.25) is 0 Å². The zero-order chi connectivity index (χ0) is 15.5. The lowest BCUT2D eigenvalue weighted by atomic mass is 9.78. The van der Waals surface area contributed by atoms with E-state index in [2.05, 4.69) is 0 Å². The maximum absolute atomic E-state index is 11.9. The molecule has 0 aromatic heterocycles. The molecular formula is C15H14N2O4. The molecule has 21 heavy (non-hydrogen) atoms. The maximum atomic E-state index is 11.9. The zero-order valence-corrected chi connectivity index (χ0v) is 11.4. The van der Waals surface area contributed by atoms with E-state index >= 15 is 0 Å². The van der Waals surface area contributed by atoms with Gasteiger partial charge in [-0.3, -0.25) is 20.2 Å². The predicted octanol–water partition coefficient (Wildman–Crippen LogP) is 2.87. The van der Waals surface area contributed by atoms with Crippen LogP contribution in [0.2, 0.25) is 0 Å². The molecule has 1 unspecified atom stereocenters. The standard InChI is InChI=1S/C15H14N2O4/c1-12(16(18)19)15(17(20)21,13-8-4-2-5-9-13)14-10-6-3-7-11-14/h2-12H,1H3. The van der Waals surface area contributed by atoms with Crippen molar-refractivity contribution in [3.05, 3.63) is 92.0 Å². The van der Waals surface area contributed by atoms with Crippen LogP contribution in [-0.2, 0) is 5.54 Å². The number of hydrogen-bond donors (Lipinski definition) is 0. The van der Waals surface area contributed by atoms with Gasteiger partial charge >= 0.3 is 5.54 Å². The van der Waals surface area contributed by atoms with E-state index in [1.807, 2.05) is 0 Å². The maximum Gasteiger partial charge on any atom is 0.337 e. The Morgan fingerprint density at radius 3 is 1.52 bits per heavy atom. The minimum absolute atomic E-state index is 0.297. The van der Waals surface area contributed by atoms with Crippen LogP contribution in [0.4, 0.5) is 0 Å². The summed E-state index contributed by atoms with van der Waals surface area (Å²) in [6, 6.07) is 14.8. The second kappa shape index (κ2) is 5.70. The van der Waals surface area contributed by atoms with Crippen LogP contribution in [0.15, 0.2) is 60.7 Å². The molecule has 108 valence electrons. The smallest absolute Gasteiger partial charge is 0.264 e. The first kappa shape index (κ1) is 14.6. The summed E-state index contributed by atoms with van der Waals surface area (Å²) in [6.45, 7) is 1.27. The van der Waals surface area contributed by atoms with Crippen molar-refractivity contribution in [2.45, 2.75) is 18.5 Å². The van der Waals surface area contributed by atoms with E-state index in [-0.39, 0.29) is 0 Å². The number of benzene rings is 2.